The van der Waals surface area contributed by atoms with Gasteiger partial charge in [-0.25, -0.2) is 9.97 Å². The highest BCUT2D eigenvalue weighted by molar-refractivity contribution is 6.31. The van der Waals surface area contributed by atoms with E-state index in [1.54, 1.807) is 6.07 Å². The number of anilines is 1. The van der Waals surface area contributed by atoms with Gasteiger partial charge >= 0.3 is 0 Å². The topological polar surface area (TPSA) is 85.4 Å². The number of hydrogen-bond acceptors (Lipinski definition) is 5. The van der Waals surface area contributed by atoms with Crippen LogP contribution in [0, 0.1) is 22.7 Å². The van der Waals surface area contributed by atoms with E-state index in [0.717, 1.165) is 19.4 Å². The molecule has 0 aromatic carbocycles. The number of aromatic nitrogens is 2. The lowest BCUT2D eigenvalue weighted by atomic mass is 10.1. The van der Waals surface area contributed by atoms with E-state index in [1.165, 1.54) is 25.7 Å². The van der Waals surface area contributed by atoms with Crippen molar-refractivity contribution < 1.29 is 0 Å². The van der Waals surface area contributed by atoms with Crippen LogP contribution in [-0.2, 0) is 0 Å². The van der Waals surface area contributed by atoms with Crippen molar-refractivity contribution in [2.24, 2.45) is 0 Å². The number of halogens is 1. The molecule has 0 fully saturated rings. The summed E-state index contributed by atoms with van der Waals surface area (Å²) in [7, 11) is 0. The number of unbranched alkanes of at least 4 members (excludes halogenated alkanes) is 5. The first kappa shape index (κ1) is 16.2. The fourth-order valence-electron chi connectivity index (χ4n) is 1.80. The largest absolute Gasteiger partial charge is 0.367 e. The maximum absolute atomic E-state index is 8.88. The van der Waals surface area contributed by atoms with E-state index in [9.17, 15) is 0 Å². The molecule has 1 heterocycles. The van der Waals surface area contributed by atoms with Crippen molar-refractivity contribution in [2.45, 2.75) is 45.4 Å². The fraction of sp³-hybridized carbons (Fsp3) is 0.571. The summed E-state index contributed by atoms with van der Waals surface area (Å²) in [5.74, 6) is 0.371. The zero-order valence-electron chi connectivity index (χ0n) is 11.6. The monoisotopic (exact) mass is 291 g/mol. The Labute approximate surface area is 124 Å². The van der Waals surface area contributed by atoms with E-state index in [2.05, 4.69) is 22.2 Å². The molecule has 0 atom stereocenters. The summed E-state index contributed by atoms with van der Waals surface area (Å²) in [5, 5.41) is 20.9. The van der Waals surface area contributed by atoms with Crippen LogP contribution < -0.4 is 5.32 Å². The predicted octanol–water partition coefficient (Wildman–Crippen LogP) is 3.65. The Morgan fingerprint density at radius 3 is 2.25 bits per heavy atom. The Balaban J connectivity index is 2.45. The molecular weight excluding hydrogens is 274 g/mol. The lowest BCUT2D eigenvalue weighted by Crippen LogP contribution is -2.07. The van der Waals surface area contributed by atoms with Crippen LogP contribution >= 0.6 is 11.6 Å². The molecular formula is C14H18ClN5. The van der Waals surface area contributed by atoms with Crippen molar-refractivity contribution in [3.05, 3.63) is 16.5 Å². The van der Waals surface area contributed by atoms with Gasteiger partial charge in [0.1, 0.15) is 12.1 Å². The normalized spacial score (nSPS) is 9.80. The highest BCUT2D eigenvalue weighted by atomic mass is 35.5. The number of nitrogens with one attached hydrogen (secondary N) is 1. The molecule has 1 aromatic heterocycles. The SMILES string of the molecule is CCCCCCCCNc1nc(C#N)c(C#N)nc1Cl. The minimum absolute atomic E-state index is 0.00217. The van der Waals surface area contributed by atoms with E-state index in [0.29, 0.717) is 5.82 Å². The van der Waals surface area contributed by atoms with Crippen molar-refractivity contribution in [3.63, 3.8) is 0 Å². The molecule has 0 radical (unpaired) electrons. The Morgan fingerprint density at radius 1 is 1.00 bits per heavy atom. The van der Waals surface area contributed by atoms with E-state index >= 15 is 0 Å². The van der Waals surface area contributed by atoms with Gasteiger partial charge in [0.25, 0.3) is 0 Å². The van der Waals surface area contributed by atoms with Crippen LogP contribution in [0.25, 0.3) is 0 Å². The zero-order valence-corrected chi connectivity index (χ0v) is 12.4. The summed E-state index contributed by atoms with van der Waals surface area (Å²) in [5.41, 5.74) is -0.0371. The van der Waals surface area contributed by atoms with Gasteiger partial charge < -0.3 is 5.32 Å². The van der Waals surface area contributed by atoms with Gasteiger partial charge in [0.05, 0.1) is 0 Å². The molecule has 0 saturated heterocycles. The number of nitrogens with zero attached hydrogens (tertiary/aromatic N) is 4. The third-order valence-electron chi connectivity index (χ3n) is 2.89. The van der Waals surface area contributed by atoms with Crippen molar-refractivity contribution >= 4 is 17.4 Å². The van der Waals surface area contributed by atoms with Crippen molar-refractivity contribution in [2.75, 3.05) is 11.9 Å². The number of nitriles is 2. The first-order valence-electron chi connectivity index (χ1n) is 6.84. The lowest BCUT2D eigenvalue weighted by Gasteiger charge is -2.07. The van der Waals surface area contributed by atoms with Gasteiger partial charge in [0.2, 0.25) is 0 Å². The lowest BCUT2D eigenvalue weighted by molar-refractivity contribution is 0.616. The first-order valence-corrected chi connectivity index (χ1v) is 7.22. The van der Waals surface area contributed by atoms with Gasteiger partial charge in [0.15, 0.2) is 22.4 Å². The quantitative estimate of drug-likeness (QED) is 0.739. The average Bonchev–Trinajstić information content (AvgIpc) is 2.47. The van der Waals surface area contributed by atoms with E-state index < -0.39 is 0 Å². The van der Waals surface area contributed by atoms with Crippen LogP contribution in [0.15, 0.2) is 0 Å². The third-order valence-corrected chi connectivity index (χ3v) is 3.15. The molecule has 0 bridgehead atoms. The second-order valence-electron chi connectivity index (χ2n) is 4.48. The Bertz CT molecular complexity index is 516. The highest BCUT2D eigenvalue weighted by Gasteiger charge is 2.11. The Morgan fingerprint density at radius 2 is 1.60 bits per heavy atom. The van der Waals surface area contributed by atoms with Crippen molar-refractivity contribution in [3.8, 4) is 12.1 Å². The van der Waals surface area contributed by atoms with Gasteiger partial charge in [0, 0.05) is 6.54 Å². The molecule has 0 aliphatic heterocycles. The molecule has 1 N–H and O–H groups in total. The standard InChI is InChI=1S/C14H18ClN5/c1-2-3-4-5-6-7-8-18-14-13(15)19-11(9-16)12(10-17)20-14/h2-8H2,1H3,(H,18,20). The molecule has 0 saturated carbocycles. The summed E-state index contributed by atoms with van der Waals surface area (Å²) in [4.78, 5) is 7.88. The highest BCUT2D eigenvalue weighted by Crippen LogP contribution is 2.18. The van der Waals surface area contributed by atoms with Crippen LogP contribution in [-0.4, -0.2) is 16.5 Å². The molecule has 5 nitrogen and oxygen atoms in total. The maximum atomic E-state index is 8.88. The summed E-state index contributed by atoms with van der Waals surface area (Å²) in [6, 6.07) is 3.65. The average molecular weight is 292 g/mol. The Hall–Kier alpha value is -1.85. The minimum Gasteiger partial charge on any atom is -0.367 e. The van der Waals surface area contributed by atoms with Gasteiger partial charge in [-0.2, -0.15) is 10.5 Å². The molecule has 0 spiro atoms. The van der Waals surface area contributed by atoms with Crippen LogP contribution in [0.1, 0.15) is 56.8 Å². The van der Waals surface area contributed by atoms with Crippen LogP contribution in [0.5, 0.6) is 0 Å². The Kier molecular flexibility index (Phi) is 7.39. The molecule has 1 aromatic rings. The van der Waals surface area contributed by atoms with Gasteiger partial charge in [-0.05, 0) is 6.42 Å². The van der Waals surface area contributed by atoms with E-state index in [4.69, 9.17) is 22.1 Å². The smallest absolute Gasteiger partial charge is 0.179 e. The maximum Gasteiger partial charge on any atom is 0.179 e. The van der Waals surface area contributed by atoms with Gasteiger partial charge in [-0.3, -0.25) is 0 Å². The molecule has 0 unspecified atom stereocenters. The van der Waals surface area contributed by atoms with E-state index in [1.807, 2.05) is 6.07 Å². The van der Waals surface area contributed by atoms with Gasteiger partial charge in [-0.15, -0.1) is 0 Å². The van der Waals surface area contributed by atoms with Crippen LogP contribution in [0.4, 0.5) is 5.82 Å². The number of hydrogen-bond donors (Lipinski definition) is 1. The molecule has 0 aliphatic rings. The minimum atomic E-state index is -0.0392. The first-order chi connectivity index (χ1) is 9.72. The molecule has 6 heteroatoms. The van der Waals surface area contributed by atoms with Crippen LogP contribution in [0.3, 0.4) is 0 Å². The third kappa shape index (κ3) is 5.03. The predicted molar refractivity (Wildman–Crippen MR) is 78.3 cm³/mol. The molecule has 106 valence electrons. The fourth-order valence-corrected chi connectivity index (χ4v) is 1.99. The summed E-state index contributed by atoms with van der Waals surface area (Å²) in [6.07, 6.45) is 7.19. The second kappa shape index (κ2) is 9.12. The summed E-state index contributed by atoms with van der Waals surface area (Å²) in [6.45, 7) is 2.93. The van der Waals surface area contributed by atoms with E-state index in [-0.39, 0.29) is 16.5 Å². The molecule has 0 aliphatic carbocycles. The zero-order chi connectivity index (χ0) is 14.8. The van der Waals surface area contributed by atoms with Crippen molar-refractivity contribution in [1.82, 2.24) is 9.97 Å². The second-order valence-corrected chi connectivity index (χ2v) is 4.84. The molecule has 1 rings (SSSR count). The number of rotatable bonds is 8. The molecule has 0 amide bonds. The van der Waals surface area contributed by atoms with Crippen molar-refractivity contribution in [1.29, 1.82) is 10.5 Å². The summed E-state index contributed by atoms with van der Waals surface area (Å²) < 4.78 is 0. The van der Waals surface area contributed by atoms with Gasteiger partial charge in [-0.1, -0.05) is 50.6 Å². The summed E-state index contributed by atoms with van der Waals surface area (Å²) >= 11 is 5.92. The molecule has 20 heavy (non-hydrogen) atoms. The van der Waals surface area contributed by atoms with Crippen LogP contribution in [0.2, 0.25) is 5.15 Å².